The van der Waals surface area contributed by atoms with Crippen LogP contribution < -0.4 is 5.32 Å². The van der Waals surface area contributed by atoms with E-state index >= 15 is 0 Å². The van der Waals surface area contributed by atoms with Crippen molar-refractivity contribution in [3.63, 3.8) is 0 Å². The van der Waals surface area contributed by atoms with Gasteiger partial charge in [0.15, 0.2) is 0 Å². The Hall–Kier alpha value is -1.36. The molecule has 0 saturated heterocycles. The van der Waals surface area contributed by atoms with Crippen molar-refractivity contribution in [3.05, 3.63) is 28.2 Å². The van der Waals surface area contributed by atoms with Crippen LogP contribution in [0, 0.1) is 5.92 Å². The highest BCUT2D eigenvalue weighted by atomic mass is 79.9. The Morgan fingerprint density at radius 1 is 1.30 bits per heavy atom. The summed E-state index contributed by atoms with van der Waals surface area (Å²) in [6.07, 6.45) is 6.52. The van der Waals surface area contributed by atoms with Crippen LogP contribution in [-0.2, 0) is 4.79 Å². The molecule has 0 spiro atoms. The molecule has 0 aliphatic heterocycles. The van der Waals surface area contributed by atoms with Crippen LogP contribution in [0.15, 0.2) is 22.7 Å². The van der Waals surface area contributed by atoms with Crippen LogP contribution in [0.25, 0.3) is 0 Å². The Bertz CT molecular complexity index is 510. The summed E-state index contributed by atoms with van der Waals surface area (Å²) in [4.78, 5) is 22.7. The molecule has 1 aliphatic rings. The van der Waals surface area contributed by atoms with Crippen molar-refractivity contribution in [3.8, 4) is 0 Å². The lowest BCUT2D eigenvalue weighted by Crippen LogP contribution is -2.13. The summed E-state index contributed by atoms with van der Waals surface area (Å²) >= 11 is 3.28. The molecule has 0 heterocycles. The van der Waals surface area contributed by atoms with Crippen molar-refractivity contribution in [2.45, 2.75) is 38.5 Å². The first-order valence-corrected chi connectivity index (χ1v) is 7.68. The van der Waals surface area contributed by atoms with E-state index in [0.717, 1.165) is 6.42 Å². The van der Waals surface area contributed by atoms with Gasteiger partial charge in [-0.1, -0.05) is 25.7 Å². The average molecular weight is 340 g/mol. The quantitative estimate of drug-likeness (QED) is 0.850. The first-order chi connectivity index (χ1) is 9.56. The van der Waals surface area contributed by atoms with Crippen LogP contribution >= 0.6 is 15.9 Å². The fraction of sp³-hybridized carbons (Fsp3) is 0.467. The predicted octanol–water partition coefficient (Wildman–Crippen LogP) is 4.06. The third kappa shape index (κ3) is 4.07. The highest BCUT2D eigenvalue weighted by Crippen LogP contribution is 2.29. The molecule has 4 nitrogen and oxygen atoms in total. The van der Waals surface area contributed by atoms with Crippen molar-refractivity contribution < 1.29 is 14.7 Å². The van der Waals surface area contributed by atoms with Crippen molar-refractivity contribution in [2.75, 3.05) is 5.32 Å². The van der Waals surface area contributed by atoms with Crippen molar-refractivity contribution in [2.24, 2.45) is 5.92 Å². The largest absolute Gasteiger partial charge is 0.478 e. The summed E-state index contributed by atoms with van der Waals surface area (Å²) < 4.78 is 0.589. The van der Waals surface area contributed by atoms with E-state index in [-0.39, 0.29) is 11.5 Å². The van der Waals surface area contributed by atoms with Crippen LogP contribution in [0.4, 0.5) is 5.69 Å². The summed E-state index contributed by atoms with van der Waals surface area (Å²) in [6.45, 7) is 0. The summed E-state index contributed by atoms with van der Waals surface area (Å²) in [5, 5.41) is 11.7. The maximum Gasteiger partial charge on any atom is 0.335 e. The molecular formula is C15H18BrNO3. The van der Waals surface area contributed by atoms with Gasteiger partial charge in [-0.15, -0.1) is 0 Å². The zero-order valence-corrected chi connectivity index (χ0v) is 12.8. The minimum Gasteiger partial charge on any atom is -0.478 e. The van der Waals surface area contributed by atoms with Crippen LogP contribution in [0.3, 0.4) is 0 Å². The molecule has 0 unspecified atom stereocenters. The van der Waals surface area contributed by atoms with Crippen molar-refractivity contribution in [1.29, 1.82) is 0 Å². The Balaban J connectivity index is 1.88. The van der Waals surface area contributed by atoms with E-state index in [4.69, 9.17) is 5.11 Å². The van der Waals surface area contributed by atoms with Gasteiger partial charge in [-0.05, 0) is 46.5 Å². The molecule has 1 fully saturated rings. The number of carboxylic acid groups (broad SMARTS) is 1. The van der Waals surface area contributed by atoms with Crippen LogP contribution in [0.2, 0.25) is 0 Å². The number of carbonyl (C=O) groups is 2. The van der Waals surface area contributed by atoms with Gasteiger partial charge in [0.2, 0.25) is 5.91 Å². The summed E-state index contributed by atoms with van der Waals surface area (Å²) in [5.74, 6) is -0.302. The number of hydrogen-bond donors (Lipinski definition) is 2. The molecule has 1 amide bonds. The fourth-order valence-electron chi connectivity index (χ4n) is 2.60. The maximum absolute atomic E-state index is 11.9. The zero-order valence-electron chi connectivity index (χ0n) is 11.2. The molecule has 20 heavy (non-hydrogen) atoms. The minimum absolute atomic E-state index is 0.0133. The number of anilines is 1. The number of hydrogen-bond acceptors (Lipinski definition) is 2. The number of benzene rings is 1. The first-order valence-electron chi connectivity index (χ1n) is 6.89. The molecular weight excluding hydrogens is 322 g/mol. The molecule has 0 bridgehead atoms. The number of carbonyl (C=O) groups excluding carboxylic acids is 1. The molecule has 1 saturated carbocycles. The van der Waals surface area contributed by atoms with E-state index in [9.17, 15) is 9.59 Å². The second-order valence-corrected chi connectivity index (χ2v) is 6.09. The summed E-state index contributed by atoms with van der Waals surface area (Å²) in [7, 11) is 0. The van der Waals surface area contributed by atoms with Crippen LogP contribution in [-0.4, -0.2) is 17.0 Å². The third-order valence-corrected chi connectivity index (χ3v) is 4.40. The molecule has 1 aromatic carbocycles. The van der Waals surface area contributed by atoms with Crippen molar-refractivity contribution in [1.82, 2.24) is 0 Å². The van der Waals surface area contributed by atoms with Gasteiger partial charge in [-0.25, -0.2) is 4.79 Å². The molecule has 1 aliphatic carbocycles. The topological polar surface area (TPSA) is 66.4 Å². The van der Waals surface area contributed by atoms with Gasteiger partial charge in [0.1, 0.15) is 0 Å². The van der Waals surface area contributed by atoms with Crippen molar-refractivity contribution >= 4 is 33.5 Å². The van der Waals surface area contributed by atoms with Crippen LogP contribution in [0.1, 0.15) is 48.9 Å². The number of aromatic carboxylic acids is 1. The lowest BCUT2D eigenvalue weighted by molar-refractivity contribution is -0.116. The second kappa shape index (κ2) is 6.88. The first kappa shape index (κ1) is 15.0. The Morgan fingerprint density at radius 2 is 2.00 bits per heavy atom. The van der Waals surface area contributed by atoms with E-state index in [1.54, 1.807) is 6.07 Å². The van der Waals surface area contributed by atoms with E-state index in [1.807, 2.05) is 0 Å². The van der Waals surface area contributed by atoms with Gasteiger partial charge in [0.25, 0.3) is 0 Å². The smallest absolute Gasteiger partial charge is 0.335 e. The molecule has 0 radical (unpaired) electrons. The Labute approximate surface area is 126 Å². The van der Waals surface area contributed by atoms with Gasteiger partial charge < -0.3 is 10.4 Å². The average Bonchev–Trinajstić information content (AvgIpc) is 2.91. The van der Waals surface area contributed by atoms with E-state index in [2.05, 4.69) is 21.2 Å². The standard InChI is InChI=1S/C15H18BrNO3/c16-12-9-11(15(19)20)6-7-13(12)17-14(18)8-5-10-3-1-2-4-10/h6-7,9-10H,1-5,8H2,(H,17,18)(H,19,20). The Kier molecular flexibility index (Phi) is 5.17. The SMILES string of the molecule is O=C(CCC1CCCC1)Nc1ccc(C(=O)O)cc1Br. The van der Waals surface area contributed by atoms with E-state index in [1.165, 1.54) is 37.8 Å². The second-order valence-electron chi connectivity index (χ2n) is 5.24. The fourth-order valence-corrected chi connectivity index (χ4v) is 3.07. The normalized spacial score (nSPS) is 15.2. The van der Waals surface area contributed by atoms with Gasteiger partial charge >= 0.3 is 5.97 Å². The lowest BCUT2D eigenvalue weighted by Gasteiger charge is -2.10. The lowest BCUT2D eigenvalue weighted by atomic mass is 10.0. The van der Waals surface area contributed by atoms with E-state index < -0.39 is 5.97 Å². The minimum atomic E-state index is -0.982. The maximum atomic E-state index is 11.9. The zero-order chi connectivity index (χ0) is 14.5. The molecule has 1 aromatic rings. The number of amides is 1. The number of rotatable bonds is 5. The number of nitrogens with one attached hydrogen (secondary N) is 1. The highest BCUT2D eigenvalue weighted by Gasteiger charge is 2.16. The van der Waals surface area contributed by atoms with Gasteiger partial charge in [0, 0.05) is 10.9 Å². The van der Waals surface area contributed by atoms with Gasteiger partial charge in [0.05, 0.1) is 11.3 Å². The predicted molar refractivity (Wildman–Crippen MR) is 80.9 cm³/mol. The number of halogens is 1. The van der Waals surface area contributed by atoms with Gasteiger partial charge in [-0.2, -0.15) is 0 Å². The molecule has 0 atom stereocenters. The molecule has 2 N–H and O–H groups in total. The number of carboxylic acids is 1. The molecule has 2 rings (SSSR count). The van der Waals surface area contributed by atoms with Gasteiger partial charge in [-0.3, -0.25) is 4.79 Å². The van der Waals surface area contributed by atoms with E-state index in [0.29, 0.717) is 22.5 Å². The molecule has 108 valence electrons. The molecule has 5 heteroatoms. The summed E-state index contributed by atoms with van der Waals surface area (Å²) in [6, 6.07) is 4.59. The summed E-state index contributed by atoms with van der Waals surface area (Å²) in [5.41, 5.74) is 0.812. The highest BCUT2D eigenvalue weighted by molar-refractivity contribution is 9.10. The molecule has 0 aromatic heterocycles. The van der Waals surface area contributed by atoms with Crippen LogP contribution in [0.5, 0.6) is 0 Å². The third-order valence-electron chi connectivity index (χ3n) is 3.74. The Morgan fingerprint density at radius 3 is 2.60 bits per heavy atom. The monoisotopic (exact) mass is 339 g/mol.